The number of hydrogen-bond acceptors (Lipinski definition) is 6. The Balaban J connectivity index is 1.53. The minimum absolute atomic E-state index is 0.00309. The van der Waals surface area contributed by atoms with Crippen molar-refractivity contribution in [3.05, 3.63) is 118 Å². The van der Waals surface area contributed by atoms with Crippen molar-refractivity contribution in [1.29, 1.82) is 0 Å². The number of nitrogens with zero attached hydrogens (tertiary/aromatic N) is 2. The molecule has 0 unspecified atom stereocenters. The number of halogens is 2. The molecule has 0 saturated heterocycles. The maximum Gasteiger partial charge on any atom is 0.265 e. The second-order valence-electron chi connectivity index (χ2n) is 8.77. The van der Waals surface area contributed by atoms with Gasteiger partial charge in [-0.2, -0.15) is 0 Å². The van der Waals surface area contributed by atoms with Gasteiger partial charge in [-0.15, -0.1) is 11.8 Å². The minimum atomic E-state index is -4.24. The lowest BCUT2D eigenvalue weighted by Gasteiger charge is -2.15. The highest BCUT2D eigenvalue weighted by atomic mass is 35.5. The molecule has 5 rings (SSSR count). The van der Waals surface area contributed by atoms with E-state index in [-0.39, 0.29) is 21.4 Å². The quantitative estimate of drug-likeness (QED) is 0.176. The number of para-hydroxylation sites is 1. The Morgan fingerprint density at radius 1 is 0.900 bits per heavy atom. The number of rotatable bonds is 8. The van der Waals surface area contributed by atoms with E-state index in [4.69, 9.17) is 23.2 Å². The Morgan fingerprint density at radius 3 is 2.35 bits per heavy atom. The maximum atomic E-state index is 13.8. The number of hydrogen-bond donors (Lipinski definition) is 2. The molecule has 202 valence electrons. The summed E-state index contributed by atoms with van der Waals surface area (Å²) < 4.78 is 30.0. The zero-order chi connectivity index (χ0) is 28.3. The van der Waals surface area contributed by atoms with Gasteiger partial charge in [-0.3, -0.25) is 4.79 Å². The summed E-state index contributed by atoms with van der Waals surface area (Å²) in [6, 6.07) is 26.2. The van der Waals surface area contributed by atoms with Gasteiger partial charge in [0.2, 0.25) is 5.95 Å². The third-order valence-corrected chi connectivity index (χ3v) is 9.11. The predicted octanol–water partition coefficient (Wildman–Crippen LogP) is 7.59. The first kappa shape index (κ1) is 27.9. The lowest BCUT2D eigenvalue weighted by atomic mass is 10.2. The number of carbonyl (C=O) groups is 1. The average Bonchev–Trinajstić information content (AvgIpc) is 2.93. The van der Waals surface area contributed by atoms with Crippen molar-refractivity contribution in [1.82, 2.24) is 9.97 Å². The van der Waals surface area contributed by atoms with Gasteiger partial charge in [0.1, 0.15) is 4.90 Å². The van der Waals surface area contributed by atoms with E-state index in [0.717, 1.165) is 10.9 Å². The fourth-order valence-electron chi connectivity index (χ4n) is 3.95. The van der Waals surface area contributed by atoms with Crippen LogP contribution in [0.3, 0.4) is 0 Å². The number of anilines is 2. The molecule has 0 aliphatic heterocycles. The molecule has 0 saturated carbocycles. The molecule has 2 N–H and O–H groups in total. The smallest absolute Gasteiger partial charge is 0.265 e. The monoisotopic (exact) mass is 608 g/mol. The molecule has 0 aliphatic carbocycles. The molecule has 1 heterocycles. The van der Waals surface area contributed by atoms with Gasteiger partial charge in [-0.1, -0.05) is 71.7 Å². The third kappa shape index (κ3) is 6.39. The van der Waals surface area contributed by atoms with Gasteiger partial charge in [0, 0.05) is 26.7 Å². The van der Waals surface area contributed by atoms with Crippen LogP contribution in [-0.2, 0) is 15.8 Å². The van der Waals surface area contributed by atoms with Crippen molar-refractivity contribution in [2.45, 2.75) is 22.5 Å². The standard InChI is InChI=1S/C29H22Cl2N4O3S2/c1-18-22-9-5-6-10-25(22)34-29(32-18)35-40(37,38)27-15-23(28(36)33-21-13-11-20(30)12-14-21)24(31)16-26(27)39-17-19-7-3-2-4-8-19/h2-16H,17H2,1H3,(H,33,36)(H,32,34,35). The third-order valence-electron chi connectivity index (χ3n) is 5.93. The summed E-state index contributed by atoms with van der Waals surface area (Å²) in [7, 11) is -4.24. The number of benzene rings is 4. The molecule has 0 atom stereocenters. The summed E-state index contributed by atoms with van der Waals surface area (Å²) in [4.78, 5) is 22.2. The Morgan fingerprint density at radius 2 is 1.60 bits per heavy atom. The largest absolute Gasteiger partial charge is 0.322 e. The number of fused-ring (bicyclic) bond motifs is 1. The average molecular weight is 610 g/mol. The number of sulfonamides is 1. The fourth-order valence-corrected chi connectivity index (χ4v) is 6.86. The summed E-state index contributed by atoms with van der Waals surface area (Å²) in [6.07, 6.45) is 0. The second-order valence-corrected chi connectivity index (χ2v) is 12.3. The van der Waals surface area contributed by atoms with Crippen molar-refractivity contribution in [2.75, 3.05) is 10.0 Å². The molecule has 5 aromatic rings. The number of thioether (sulfide) groups is 1. The summed E-state index contributed by atoms with van der Waals surface area (Å²) in [5.74, 6) is -0.153. The van der Waals surface area contributed by atoms with Crippen molar-refractivity contribution in [3.8, 4) is 0 Å². The normalized spacial score (nSPS) is 11.4. The summed E-state index contributed by atoms with van der Waals surface area (Å²) in [5, 5.41) is 4.17. The van der Waals surface area contributed by atoms with Crippen LogP contribution in [0.5, 0.6) is 0 Å². The van der Waals surface area contributed by atoms with Gasteiger partial charge < -0.3 is 5.32 Å². The second kappa shape index (κ2) is 11.9. The predicted molar refractivity (Wildman–Crippen MR) is 162 cm³/mol. The molecule has 7 nitrogen and oxygen atoms in total. The molecular formula is C29H22Cl2N4O3S2. The van der Waals surface area contributed by atoms with E-state index >= 15 is 0 Å². The van der Waals surface area contributed by atoms with E-state index in [9.17, 15) is 13.2 Å². The molecule has 0 aliphatic rings. The molecule has 4 aromatic carbocycles. The highest BCUT2D eigenvalue weighted by molar-refractivity contribution is 7.99. The Bertz CT molecular complexity index is 1820. The van der Waals surface area contributed by atoms with Gasteiger partial charge >= 0.3 is 0 Å². The number of aromatic nitrogens is 2. The topological polar surface area (TPSA) is 101 Å². The first-order chi connectivity index (χ1) is 19.2. The van der Waals surface area contributed by atoms with Crippen LogP contribution in [0.25, 0.3) is 10.9 Å². The molecule has 40 heavy (non-hydrogen) atoms. The lowest BCUT2D eigenvalue weighted by molar-refractivity contribution is 0.102. The van der Waals surface area contributed by atoms with Gasteiger partial charge in [0.15, 0.2) is 0 Å². The van der Waals surface area contributed by atoms with E-state index in [2.05, 4.69) is 20.0 Å². The van der Waals surface area contributed by atoms with E-state index in [1.54, 1.807) is 37.3 Å². The summed E-state index contributed by atoms with van der Waals surface area (Å²) in [5.41, 5.74) is 2.71. The van der Waals surface area contributed by atoms with Crippen LogP contribution in [0.4, 0.5) is 11.6 Å². The fraction of sp³-hybridized carbons (Fsp3) is 0.0690. The first-order valence-corrected chi connectivity index (χ1v) is 15.3. The SMILES string of the molecule is Cc1nc(NS(=O)(=O)c2cc(C(=O)Nc3ccc(Cl)cc3)c(Cl)cc2SCc2ccccc2)nc2ccccc12. The van der Waals surface area contributed by atoms with Gasteiger partial charge in [-0.25, -0.2) is 23.1 Å². The van der Waals surface area contributed by atoms with E-state index in [1.165, 1.54) is 23.9 Å². The maximum absolute atomic E-state index is 13.8. The van der Waals surface area contributed by atoms with Crippen molar-refractivity contribution >= 4 is 73.4 Å². The molecule has 0 spiro atoms. The van der Waals surface area contributed by atoms with Gasteiger partial charge in [-0.05, 0) is 55.0 Å². The number of aryl methyl sites for hydroxylation is 1. The zero-order valence-corrected chi connectivity index (χ0v) is 24.2. The van der Waals surface area contributed by atoms with E-state index in [0.29, 0.717) is 32.6 Å². The molecule has 1 amide bonds. The highest BCUT2D eigenvalue weighted by Gasteiger charge is 2.25. The van der Waals surface area contributed by atoms with Crippen molar-refractivity contribution in [2.24, 2.45) is 0 Å². The van der Waals surface area contributed by atoms with Crippen LogP contribution in [-0.4, -0.2) is 24.3 Å². The minimum Gasteiger partial charge on any atom is -0.322 e. The van der Waals surface area contributed by atoms with E-state index < -0.39 is 15.9 Å². The Labute approximate surface area is 246 Å². The molecule has 0 bridgehead atoms. The van der Waals surface area contributed by atoms with Crippen LogP contribution >= 0.6 is 35.0 Å². The van der Waals surface area contributed by atoms with Crippen LogP contribution in [0, 0.1) is 6.92 Å². The first-order valence-electron chi connectivity index (χ1n) is 12.0. The number of amides is 1. The molecule has 11 heteroatoms. The number of nitrogens with one attached hydrogen (secondary N) is 2. The lowest BCUT2D eigenvalue weighted by Crippen LogP contribution is -2.19. The molecule has 1 aromatic heterocycles. The molecule has 0 fully saturated rings. The van der Waals surface area contributed by atoms with Crippen LogP contribution < -0.4 is 10.0 Å². The summed E-state index contributed by atoms with van der Waals surface area (Å²) in [6.45, 7) is 1.78. The van der Waals surface area contributed by atoms with Crippen LogP contribution in [0.15, 0.2) is 101 Å². The van der Waals surface area contributed by atoms with Crippen molar-refractivity contribution in [3.63, 3.8) is 0 Å². The zero-order valence-electron chi connectivity index (χ0n) is 21.1. The van der Waals surface area contributed by atoms with Gasteiger partial charge in [0.05, 0.1) is 21.8 Å². The Hall–Kier alpha value is -3.63. The summed E-state index contributed by atoms with van der Waals surface area (Å²) >= 11 is 13.8. The highest BCUT2D eigenvalue weighted by Crippen LogP contribution is 2.35. The van der Waals surface area contributed by atoms with Crippen molar-refractivity contribution < 1.29 is 13.2 Å². The molecular weight excluding hydrogens is 587 g/mol. The molecule has 0 radical (unpaired) electrons. The van der Waals surface area contributed by atoms with Crippen LogP contribution in [0.2, 0.25) is 10.0 Å². The Kier molecular flexibility index (Phi) is 8.27. The van der Waals surface area contributed by atoms with E-state index in [1.807, 2.05) is 48.5 Å². The van der Waals surface area contributed by atoms with Gasteiger partial charge in [0.25, 0.3) is 15.9 Å². The van der Waals surface area contributed by atoms with Crippen LogP contribution in [0.1, 0.15) is 21.6 Å². The number of carbonyl (C=O) groups excluding carboxylic acids is 1.